The van der Waals surface area contributed by atoms with Crippen molar-refractivity contribution in [2.75, 3.05) is 37.6 Å². The van der Waals surface area contributed by atoms with E-state index in [1.54, 1.807) is 13.1 Å². The molecule has 2 aliphatic heterocycles. The molecule has 1 fully saturated rings. The van der Waals surface area contributed by atoms with E-state index >= 15 is 0 Å². The molecule has 0 atom stereocenters. The minimum absolute atomic E-state index is 0.125. The lowest BCUT2D eigenvalue weighted by molar-refractivity contribution is -0.126. The number of carbonyl (C=O) groups excluding carboxylic acids is 2. The van der Waals surface area contributed by atoms with E-state index in [9.17, 15) is 14.0 Å². The van der Waals surface area contributed by atoms with E-state index in [0.717, 1.165) is 0 Å². The Morgan fingerprint density at radius 2 is 2.09 bits per heavy atom. The standard InChI is InChI=1S/C15H17FN2O4/c1-18-12-10(15(13(18)19)3-5-22-6-4-15)7-9(8-11(12)16)17-14(20)21-2/h7-8H,3-6H2,1-2H3,(H,17,20). The largest absolute Gasteiger partial charge is 0.453 e. The van der Waals surface area contributed by atoms with Gasteiger partial charge in [0.25, 0.3) is 0 Å². The average molecular weight is 308 g/mol. The van der Waals surface area contributed by atoms with E-state index in [0.29, 0.717) is 31.6 Å². The average Bonchev–Trinajstić information content (AvgIpc) is 2.71. The summed E-state index contributed by atoms with van der Waals surface area (Å²) in [6.45, 7) is 0.907. The Balaban J connectivity index is 2.10. The zero-order chi connectivity index (χ0) is 15.9. The topological polar surface area (TPSA) is 67.9 Å². The second-order valence-electron chi connectivity index (χ2n) is 5.53. The summed E-state index contributed by atoms with van der Waals surface area (Å²) >= 11 is 0. The molecule has 1 aromatic carbocycles. The van der Waals surface area contributed by atoms with Gasteiger partial charge in [-0.05, 0) is 30.5 Å². The molecule has 0 radical (unpaired) electrons. The summed E-state index contributed by atoms with van der Waals surface area (Å²) in [5, 5.41) is 2.45. The second-order valence-corrected chi connectivity index (χ2v) is 5.53. The zero-order valence-electron chi connectivity index (χ0n) is 12.4. The summed E-state index contributed by atoms with van der Waals surface area (Å²) in [6, 6.07) is 2.85. The number of nitrogens with zero attached hydrogens (tertiary/aromatic N) is 1. The Hall–Kier alpha value is -2.15. The lowest BCUT2D eigenvalue weighted by Crippen LogP contribution is -2.42. The van der Waals surface area contributed by atoms with Crippen LogP contribution in [0.2, 0.25) is 0 Å². The van der Waals surface area contributed by atoms with E-state index in [1.807, 2.05) is 0 Å². The minimum atomic E-state index is -0.767. The van der Waals surface area contributed by atoms with Crippen LogP contribution in [0.3, 0.4) is 0 Å². The fourth-order valence-electron chi connectivity index (χ4n) is 3.29. The highest BCUT2D eigenvalue weighted by atomic mass is 19.1. The normalized spacial score (nSPS) is 19.2. The molecular formula is C15H17FN2O4. The Morgan fingerprint density at radius 1 is 1.41 bits per heavy atom. The van der Waals surface area contributed by atoms with Gasteiger partial charge in [-0.1, -0.05) is 0 Å². The van der Waals surface area contributed by atoms with Crippen LogP contribution in [-0.4, -0.2) is 39.4 Å². The zero-order valence-corrected chi connectivity index (χ0v) is 12.4. The molecule has 0 aromatic heterocycles. The van der Waals surface area contributed by atoms with Crippen LogP contribution in [0.15, 0.2) is 12.1 Å². The molecule has 2 aliphatic rings. The van der Waals surface area contributed by atoms with Crippen LogP contribution in [0.25, 0.3) is 0 Å². The first kappa shape index (κ1) is 14.8. The maximum Gasteiger partial charge on any atom is 0.411 e. The number of ether oxygens (including phenoxy) is 2. The predicted molar refractivity (Wildman–Crippen MR) is 77.6 cm³/mol. The van der Waals surface area contributed by atoms with Crippen molar-refractivity contribution in [2.45, 2.75) is 18.3 Å². The molecule has 2 heterocycles. The molecule has 0 bridgehead atoms. The number of anilines is 2. The fraction of sp³-hybridized carbons (Fsp3) is 0.467. The van der Waals surface area contributed by atoms with Crippen LogP contribution in [0.4, 0.5) is 20.6 Å². The van der Waals surface area contributed by atoms with Gasteiger partial charge in [0.1, 0.15) is 5.82 Å². The maximum atomic E-state index is 14.5. The van der Waals surface area contributed by atoms with E-state index in [4.69, 9.17) is 4.74 Å². The number of halogens is 1. The Bertz CT molecular complexity index is 641. The van der Waals surface area contributed by atoms with Crippen LogP contribution in [0.1, 0.15) is 18.4 Å². The van der Waals surface area contributed by atoms with Crippen molar-refractivity contribution in [2.24, 2.45) is 0 Å². The number of carbonyl (C=O) groups is 2. The van der Waals surface area contributed by atoms with Crippen LogP contribution < -0.4 is 10.2 Å². The van der Waals surface area contributed by atoms with Crippen molar-refractivity contribution in [3.63, 3.8) is 0 Å². The summed E-state index contributed by atoms with van der Waals surface area (Å²) in [6.07, 6.45) is 0.326. The Labute approximate surface area is 127 Å². The number of methoxy groups -OCH3 is 1. The number of likely N-dealkylation sites (N-methyl/N-ethyl adjacent to an activating group) is 1. The van der Waals surface area contributed by atoms with Crippen molar-refractivity contribution < 1.29 is 23.5 Å². The van der Waals surface area contributed by atoms with Gasteiger partial charge in [0.05, 0.1) is 18.2 Å². The third-order valence-electron chi connectivity index (χ3n) is 4.41. The Morgan fingerprint density at radius 3 is 2.73 bits per heavy atom. The molecule has 0 unspecified atom stereocenters. The minimum Gasteiger partial charge on any atom is -0.453 e. The number of hydrogen-bond acceptors (Lipinski definition) is 4. The van der Waals surface area contributed by atoms with E-state index < -0.39 is 17.3 Å². The molecular weight excluding hydrogens is 291 g/mol. The van der Waals surface area contributed by atoms with Gasteiger partial charge >= 0.3 is 6.09 Å². The van der Waals surface area contributed by atoms with Gasteiger partial charge in [-0.3, -0.25) is 10.1 Å². The highest BCUT2D eigenvalue weighted by Crippen LogP contribution is 2.49. The van der Waals surface area contributed by atoms with Crippen molar-refractivity contribution in [3.05, 3.63) is 23.5 Å². The van der Waals surface area contributed by atoms with Gasteiger partial charge in [0.2, 0.25) is 5.91 Å². The van der Waals surface area contributed by atoms with Crippen molar-refractivity contribution in [1.82, 2.24) is 0 Å². The lowest BCUT2D eigenvalue weighted by Gasteiger charge is -2.32. The monoisotopic (exact) mass is 308 g/mol. The number of nitrogens with one attached hydrogen (secondary N) is 1. The number of amides is 2. The summed E-state index contributed by atoms with van der Waals surface area (Å²) in [4.78, 5) is 25.4. The van der Waals surface area contributed by atoms with E-state index in [-0.39, 0.29) is 17.3 Å². The van der Waals surface area contributed by atoms with Gasteiger partial charge < -0.3 is 14.4 Å². The maximum absolute atomic E-state index is 14.5. The molecule has 1 aromatic rings. The molecule has 1 N–H and O–H groups in total. The second kappa shape index (κ2) is 5.24. The number of fused-ring (bicyclic) bond motifs is 2. The molecule has 6 nitrogen and oxygen atoms in total. The van der Waals surface area contributed by atoms with Crippen LogP contribution in [0, 0.1) is 5.82 Å². The van der Waals surface area contributed by atoms with Crippen LogP contribution in [-0.2, 0) is 19.7 Å². The van der Waals surface area contributed by atoms with Crippen LogP contribution in [0.5, 0.6) is 0 Å². The number of benzene rings is 1. The quantitative estimate of drug-likeness (QED) is 0.862. The highest BCUT2D eigenvalue weighted by Gasteiger charge is 2.51. The molecule has 2 amide bonds. The van der Waals surface area contributed by atoms with Crippen molar-refractivity contribution in [1.29, 1.82) is 0 Å². The van der Waals surface area contributed by atoms with Gasteiger partial charge in [-0.15, -0.1) is 0 Å². The lowest BCUT2D eigenvalue weighted by atomic mass is 9.75. The molecule has 3 rings (SSSR count). The first-order chi connectivity index (χ1) is 10.5. The fourth-order valence-corrected chi connectivity index (χ4v) is 3.29. The molecule has 1 spiro atoms. The summed E-state index contributed by atoms with van der Waals surface area (Å²) in [5.74, 6) is -0.664. The van der Waals surface area contributed by atoms with Gasteiger partial charge in [0.15, 0.2) is 0 Å². The number of rotatable bonds is 1. The SMILES string of the molecule is COC(=O)Nc1cc(F)c2c(c1)C1(CCOCC1)C(=O)N2C. The van der Waals surface area contributed by atoms with Crippen molar-refractivity contribution >= 4 is 23.4 Å². The third kappa shape index (κ3) is 2.04. The molecule has 1 saturated heterocycles. The third-order valence-corrected chi connectivity index (χ3v) is 4.41. The van der Waals surface area contributed by atoms with Crippen molar-refractivity contribution in [3.8, 4) is 0 Å². The number of hydrogen-bond donors (Lipinski definition) is 1. The van der Waals surface area contributed by atoms with E-state index in [1.165, 1.54) is 18.1 Å². The van der Waals surface area contributed by atoms with Gasteiger partial charge in [-0.2, -0.15) is 0 Å². The summed E-state index contributed by atoms with van der Waals surface area (Å²) < 4.78 is 24.3. The molecule has 0 saturated carbocycles. The molecule has 7 heteroatoms. The first-order valence-electron chi connectivity index (χ1n) is 7.04. The highest BCUT2D eigenvalue weighted by molar-refractivity contribution is 6.08. The van der Waals surface area contributed by atoms with Crippen LogP contribution >= 0.6 is 0 Å². The molecule has 118 valence electrons. The summed E-state index contributed by atoms with van der Waals surface area (Å²) in [7, 11) is 2.80. The predicted octanol–water partition coefficient (Wildman–Crippen LogP) is 2.03. The first-order valence-corrected chi connectivity index (χ1v) is 7.04. The molecule has 0 aliphatic carbocycles. The Kier molecular flexibility index (Phi) is 3.52. The van der Waals surface area contributed by atoms with Gasteiger partial charge in [0, 0.05) is 25.9 Å². The molecule has 22 heavy (non-hydrogen) atoms. The summed E-state index contributed by atoms with van der Waals surface area (Å²) in [5.41, 5.74) is 0.394. The van der Waals surface area contributed by atoms with E-state index in [2.05, 4.69) is 10.1 Å². The smallest absolute Gasteiger partial charge is 0.411 e. The van der Waals surface area contributed by atoms with Gasteiger partial charge in [-0.25, -0.2) is 9.18 Å².